The molecule has 2 N–H and O–H groups in total. The van der Waals surface area contributed by atoms with Gasteiger partial charge in [-0.2, -0.15) is 0 Å². The predicted octanol–water partition coefficient (Wildman–Crippen LogP) is 4.20. The van der Waals surface area contributed by atoms with Gasteiger partial charge in [0, 0.05) is 23.7 Å². The second-order valence-electron chi connectivity index (χ2n) is 5.97. The number of hydrogen-bond acceptors (Lipinski definition) is 3. The molecule has 1 aliphatic carbocycles. The molecule has 1 amide bonds. The third-order valence-corrected chi connectivity index (χ3v) is 4.22. The Labute approximate surface area is 133 Å². The van der Waals surface area contributed by atoms with E-state index in [-0.39, 0.29) is 5.91 Å². The van der Waals surface area contributed by atoms with E-state index in [0.29, 0.717) is 5.56 Å². The molecule has 0 unspecified atom stereocenters. The first-order valence-electron chi connectivity index (χ1n) is 8.47. The first kappa shape index (κ1) is 16.7. The number of hydrazine groups is 1. The molecule has 4 nitrogen and oxygen atoms in total. The number of amides is 1. The second-order valence-corrected chi connectivity index (χ2v) is 5.97. The zero-order valence-corrected chi connectivity index (χ0v) is 13.3. The summed E-state index contributed by atoms with van der Waals surface area (Å²) >= 11 is 0. The minimum atomic E-state index is -0.152. The molecule has 0 saturated heterocycles. The first-order valence-corrected chi connectivity index (χ1v) is 8.47. The Morgan fingerprint density at radius 3 is 2.23 bits per heavy atom. The number of hydrogen-bond donors (Lipinski definition) is 1. The maximum absolute atomic E-state index is 12.5. The van der Waals surface area contributed by atoms with Crippen LogP contribution < -0.4 is 5.84 Å². The van der Waals surface area contributed by atoms with Crippen molar-refractivity contribution >= 4 is 5.91 Å². The summed E-state index contributed by atoms with van der Waals surface area (Å²) in [5.41, 5.74) is 1.55. The van der Waals surface area contributed by atoms with E-state index in [0.717, 1.165) is 25.0 Å². The van der Waals surface area contributed by atoms with E-state index in [2.05, 4.69) is 11.1 Å². The zero-order chi connectivity index (χ0) is 15.6. The number of rotatable bonds is 2. The highest BCUT2D eigenvalue weighted by atomic mass is 16.2. The quantitative estimate of drug-likeness (QED) is 0.506. The van der Waals surface area contributed by atoms with Crippen LogP contribution in [-0.2, 0) is 0 Å². The van der Waals surface area contributed by atoms with Gasteiger partial charge in [-0.15, -0.1) is 0 Å². The summed E-state index contributed by atoms with van der Waals surface area (Å²) in [5.74, 6) is 5.95. The molecule has 0 fully saturated rings. The molecule has 1 aromatic rings. The average Bonchev–Trinajstić information content (AvgIpc) is 2.55. The maximum Gasteiger partial charge on any atom is 0.272 e. The summed E-state index contributed by atoms with van der Waals surface area (Å²) in [6.45, 7) is 0. The summed E-state index contributed by atoms with van der Waals surface area (Å²) in [6, 6.07) is 3.41. The molecular weight excluding hydrogens is 274 g/mol. The molecule has 0 bridgehead atoms. The average molecular weight is 301 g/mol. The van der Waals surface area contributed by atoms with Gasteiger partial charge in [0.2, 0.25) is 0 Å². The van der Waals surface area contributed by atoms with E-state index in [4.69, 9.17) is 5.84 Å². The lowest BCUT2D eigenvalue weighted by atomic mass is 10.0. The highest BCUT2D eigenvalue weighted by Gasteiger charge is 2.16. The maximum atomic E-state index is 12.5. The molecule has 2 rings (SSSR count). The van der Waals surface area contributed by atoms with E-state index in [9.17, 15) is 4.79 Å². The first-order chi connectivity index (χ1) is 10.8. The van der Waals surface area contributed by atoms with Crippen LogP contribution in [0.5, 0.6) is 0 Å². The molecule has 0 spiro atoms. The normalized spacial score (nSPS) is 17.8. The highest BCUT2D eigenvalue weighted by Crippen LogP contribution is 2.19. The van der Waals surface area contributed by atoms with Gasteiger partial charge in [0.05, 0.1) is 0 Å². The number of allylic oxidation sites excluding steroid dienone is 2. The molecule has 0 aliphatic heterocycles. The van der Waals surface area contributed by atoms with Gasteiger partial charge >= 0.3 is 0 Å². The molecule has 0 atom stereocenters. The van der Waals surface area contributed by atoms with Gasteiger partial charge in [0.25, 0.3) is 5.91 Å². The molecular formula is C18H27N3O. The Kier molecular flexibility index (Phi) is 7.10. The van der Waals surface area contributed by atoms with E-state index in [1.807, 2.05) is 0 Å². The van der Waals surface area contributed by atoms with Crippen LogP contribution in [-0.4, -0.2) is 15.9 Å². The molecule has 0 radical (unpaired) electrons. The molecule has 1 heterocycles. The Morgan fingerprint density at radius 2 is 1.55 bits per heavy atom. The summed E-state index contributed by atoms with van der Waals surface area (Å²) in [6.07, 6.45) is 17.4. The van der Waals surface area contributed by atoms with E-state index in [1.165, 1.54) is 50.0 Å². The van der Waals surface area contributed by atoms with Crippen molar-refractivity contribution in [3.63, 3.8) is 0 Å². The summed E-state index contributed by atoms with van der Waals surface area (Å²) in [7, 11) is 0. The molecule has 0 aromatic carbocycles. The van der Waals surface area contributed by atoms with Crippen molar-refractivity contribution in [1.29, 1.82) is 0 Å². The van der Waals surface area contributed by atoms with Gasteiger partial charge < -0.3 is 0 Å². The predicted molar refractivity (Wildman–Crippen MR) is 88.8 cm³/mol. The minimum Gasteiger partial charge on any atom is -0.267 e. The van der Waals surface area contributed by atoms with Gasteiger partial charge in [-0.1, -0.05) is 44.6 Å². The van der Waals surface area contributed by atoms with Crippen molar-refractivity contribution in [1.82, 2.24) is 9.99 Å². The van der Waals surface area contributed by atoms with Crippen molar-refractivity contribution in [2.45, 2.75) is 64.2 Å². The summed E-state index contributed by atoms with van der Waals surface area (Å²) in [5, 5.41) is 1.33. The van der Waals surface area contributed by atoms with Crippen LogP contribution in [0, 0.1) is 0 Å². The van der Waals surface area contributed by atoms with Crippen LogP contribution in [0.1, 0.15) is 74.6 Å². The topological polar surface area (TPSA) is 59.2 Å². The Balaban J connectivity index is 2.02. The molecule has 1 aliphatic rings. The van der Waals surface area contributed by atoms with Crippen LogP contribution in [0.15, 0.2) is 36.3 Å². The molecule has 1 aromatic heterocycles. The van der Waals surface area contributed by atoms with Crippen molar-refractivity contribution in [3.05, 3.63) is 41.9 Å². The van der Waals surface area contributed by atoms with Crippen molar-refractivity contribution < 1.29 is 4.79 Å². The molecule has 0 saturated carbocycles. The number of carbonyl (C=O) groups is 1. The number of carbonyl (C=O) groups excluding carboxylic acids is 1. The fraction of sp³-hybridized carbons (Fsp3) is 0.556. The van der Waals surface area contributed by atoms with Crippen molar-refractivity contribution in [2.75, 3.05) is 0 Å². The SMILES string of the molecule is NN(C(=O)c1ccncc1)C1=CCCCCCCCCCC1. The third-order valence-electron chi connectivity index (χ3n) is 4.22. The molecule has 120 valence electrons. The highest BCUT2D eigenvalue weighted by molar-refractivity contribution is 5.94. The molecule has 4 heteroatoms. The minimum absolute atomic E-state index is 0.152. The van der Waals surface area contributed by atoms with E-state index >= 15 is 0 Å². The lowest BCUT2D eigenvalue weighted by molar-refractivity contribution is 0.0799. The number of nitrogens with two attached hydrogens (primary N) is 1. The Hall–Kier alpha value is -1.68. The van der Waals surface area contributed by atoms with Crippen LogP contribution >= 0.6 is 0 Å². The van der Waals surface area contributed by atoms with Crippen LogP contribution in [0.4, 0.5) is 0 Å². The fourth-order valence-electron chi connectivity index (χ4n) is 2.86. The van der Waals surface area contributed by atoms with Gasteiger partial charge in [-0.05, 0) is 37.8 Å². The van der Waals surface area contributed by atoms with Crippen LogP contribution in [0.3, 0.4) is 0 Å². The largest absolute Gasteiger partial charge is 0.272 e. The lowest BCUT2D eigenvalue weighted by Gasteiger charge is -2.21. The Morgan fingerprint density at radius 1 is 0.955 bits per heavy atom. The van der Waals surface area contributed by atoms with Crippen LogP contribution in [0.25, 0.3) is 0 Å². The standard InChI is InChI=1S/C18H27N3O/c19-21(18(22)16-12-14-20-15-13-16)17-10-8-6-4-2-1-3-5-7-9-11-17/h10,12-15H,1-9,11,19H2. The molecule has 22 heavy (non-hydrogen) atoms. The monoisotopic (exact) mass is 301 g/mol. The van der Waals surface area contributed by atoms with E-state index < -0.39 is 0 Å². The van der Waals surface area contributed by atoms with Gasteiger partial charge in [0.15, 0.2) is 0 Å². The number of nitrogens with zero attached hydrogens (tertiary/aromatic N) is 2. The van der Waals surface area contributed by atoms with Crippen molar-refractivity contribution in [2.24, 2.45) is 5.84 Å². The second kappa shape index (κ2) is 9.36. The summed E-state index contributed by atoms with van der Waals surface area (Å²) in [4.78, 5) is 16.4. The number of aromatic nitrogens is 1. The smallest absolute Gasteiger partial charge is 0.267 e. The van der Waals surface area contributed by atoms with Gasteiger partial charge in [-0.3, -0.25) is 9.78 Å². The van der Waals surface area contributed by atoms with Crippen molar-refractivity contribution in [3.8, 4) is 0 Å². The van der Waals surface area contributed by atoms with Gasteiger partial charge in [-0.25, -0.2) is 10.9 Å². The van der Waals surface area contributed by atoms with Crippen LogP contribution in [0.2, 0.25) is 0 Å². The van der Waals surface area contributed by atoms with E-state index in [1.54, 1.807) is 24.5 Å². The third kappa shape index (κ3) is 5.26. The van der Waals surface area contributed by atoms with Gasteiger partial charge in [0.1, 0.15) is 0 Å². The fourth-order valence-corrected chi connectivity index (χ4v) is 2.86. The number of pyridine rings is 1. The zero-order valence-electron chi connectivity index (χ0n) is 13.3. The lowest BCUT2D eigenvalue weighted by Crippen LogP contribution is -2.36. The Bertz CT molecular complexity index is 484. The summed E-state index contributed by atoms with van der Waals surface area (Å²) < 4.78 is 0.